The monoisotopic (exact) mass is 278 g/mol. The van der Waals surface area contributed by atoms with Crippen molar-refractivity contribution >= 4 is 23.4 Å². The van der Waals surface area contributed by atoms with Crippen molar-refractivity contribution in [3.05, 3.63) is 28.8 Å². The molecule has 0 radical (unpaired) electrons. The molecular formula is C10H9ClF2N2O3. The van der Waals surface area contributed by atoms with Crippen LogP contribution in [-0.4, -0.2) is 25.3 Å². The first-order valence-corrected chi connectivity index (χ1v) is 5.00. The number of ether oxygens (including phenoxy) is 1. The van der Waals surface area contributed by atoms with E-state index >= 15 is 0 Å². The average molecular weight is 279 g/mol. The molecule has 1 aromatic rings. The molecule has 0 fully saturated rings. The Morgan fingerprint density at radius 3 is 2.72 bits per heavy atom. The number of hydrogen-bond donors (Lipinski definition) is 1. The van der Waals surface area contributed by atoms with Crippen molar-refractivity contribution in [1.29, 1.82) is 0 Å². The number of rotatable bonds is 4. The van der Waals surface area contributed by atoms with Gasteiger partial charge in [0.05, 0.1) is 12.7 Å². The summed E-state index contributed by atoms with van der Waals surface area (Å²) in [5, 5.41) is 3.43. The SMILES string of the molecule is COc1ccc(Cl)cc1/C(N)=N/OC(=O)C(F)F. The molecular weight excluding hydrogens is 270 g/mol. The van der Waals surface area contributed by atoms with Gasteiger partial charge in [0, 0.05) is 5.02 Å². The summed E-state index contributed by atoms with van der Waals surface area (Å²) in [5.74, 6) is -1.78. The average Bonchev–Trinajstić information content (AvgIpc) is 2.35. The van der Waals surface area contributed by atoms with Crippen molar-refractivity contribution in [3.63, 3.8) is 0 Å². The Hall–Kier alpha value is -1.89. The molecule has 0 saturated heterocycles. The minimum absolute atomic E-state index is 0.229. The summed E-state index contributed by atoms with van der Waals surface area (Å²) in [4.78, 5) is 14.4. The highest BCUT2D eigenvalue weighted by atomic mass is 35.5. The minimum atomic E-state index is -3.28. The third-order valence-electron chi connectivity index (χ3n) is 1.85. The zero-order valence-corrected chi connectivity index (χ0v) is 9.95. The summed E-state index contributed by atoms with van der Waals surface area (Å²) < 4.78 is 28.7. The van der Waals surface area contributed by atoms with Crippen molar-refractivity contribution in [2.45, 2.75) is 6.43 Å². The van der Waals surface area contributed by atoms with Crippen LogP contribution in [-0.2, 0) is 9.63 Å². The number of nitrogens with zero attached hydrogens (tertiary/aromatic N) is 1. The largest absolute Gasteiger partial charge is 0.496 e. The number of halogens is 3. The lowest BCUT2D eigenvalue weighted by atomic mass is 10.2. The van der Waals surface area contributed by atoms with Crippen LogP contribution in [0, 0.1) is 0 Å². The molecule has 0 spiro atoms. The van der Waals surface area contributed by atoms with Crippen LogP contribution < -0.4 is 10.5 Å². The Labute approximate surface area is 106 Å². The van der Waals surface area contributed by atoms with Crippen LogP contribution in [0.1, 0.15) is 5.56 Å². The molecule has 0 atom stereocenters. The number of carbonyl (C=O) groups is 1. The van der Waals surface area contributed by atoms with Gasteiger partial charge in [-0.25, -0.2) is 4.79 Å². The molecule has 8 heteroatoms. The van der Waals surface area contributed by atoms with E-state index in [0.29, 0.717) is 10.8 Å². The second kappa shape index (κ2) is 6.15. The number of alkyl halides is 2. The molecule has 0 amide bonds. The van der Waals surface area contributed by atoms with E-state index in [9.17, 15) is 13.6 Å². The summed E-state index contributed by atoms with van der Waals surface area (Å²) in [6, 6.07) is 4.45. The zero-order valence-electron chi connectivity index (χ0n) is 9.19. The Balaban J connectivity index is 2.95. The van der Waals surface area contributed by atoms with E-state index < -0.39 is 12.4 Å². The molecule has 0 saturated carbocycles. The third-order valence-corrected chi connectivity index (χ3v) is 2.08. The van der Waals surface area contributed by atoms with Crippen LogP contribution in [0.4, 0.5) is 8.78 Å². The molecule has 0 aromatic heterocycles. The Kier molecular flexibility index (Phi) is 4.85. The van der Waals surface area contributed by atoms with Crippen LogP contribution in [0.15, 0.2) is 23.4 Å². The van der Waals surface area contributed by atoms with Crippen molar-refractivity contribution < 1.29 is 23.1 Å². The van der Waals surface area contributed by atoms with E-state index in [1.807, 2.05) is 0 Å². The Morgan fingerprint density at radius 1 is 1.50 bits per heavy atom. The molecule has 2 N–H and O–H groups in total. The lowest BCUT2D eigenvalue weighted by Crippen LogP contribution is -2.18. The molecule has 0 bridgehead atoms. The predicted molar refractivity (Wildman–Crippen MR) is 60.8 cm³/mol. The lowest BCUT2D eigenvalue weighted by molar-refractivity contribution is -0.156. The Bertz CT molecular complexity index is 480. The van der Waals surface area contributed by atoms with Crippen molar-refractivity contribution in [2.75, 3.05) is 7.11 Å². The summed E-state index contributed by atoms with van der Waals surface area (Å²) in [7, 11) is 1.38. The molecule has 0 aliphatic carbocycles. The van der Waals surface area contributed by atoms with Gasteiger partial charge in [-0.1, -0.05) is 16.8 Å². The molecule has 1 rings (SSSR count). The van der Waals surface area contributed by atoms with Crippen LogP contribution in [0.2, 0.25) is 5.02 Å². The quantitative estimate of drug-likeness (QED) is 0.394. The van der Waals surface area contributed by atoms with Gasteiger partial charge >= 0.3 is 12.4 Å². The maximum atomic E-state index is 11.9. The van der Waals surface area contributed by atoms with Gasteiger partial charge in [-0.3, -0.25) is 0 Å². The molecule has 0 unspecified atom stereocenters. The maximum absolute atomic E-state index is 11.9. The number of carbonyl (C=O) groups excluding carboxylic acids is 1. The molecule has 0 aliphatic heterocycles. The van der Waals surface area contributed by atoms with Gasteiger partial charge in [-0.15, -0.1) is 0 Å². The van der Waals surface area contributed by atoms with E-state index in [4.69, 9.17) is 22.1 Å². The molecule has 1 aromatic carbocycles. The topological polar surface area (TPSA) is 73.9 Å². The molecule has 0 aliphatic rings. The van der Waals surface area contributed by atoms with Crippen LogP contribution in [0.5, 0.6) is 5.75 Å². The second-order valence-electron chi connectivity index (χ2n) is 3.03. The minimum Gasteiger partial charge on any atom is -0.496 e. The Morgan fingerprint density at radius 2 is 2.17 bits per heavy atom. The first-order chi connectivity index (χ1) is 8.45. The number of benzene rings is 1. The highest BCUT2D eigenvalue weighted by Gasteiger charge is 2.18. The molecule has 5 nitrogen and oxygen atoms in total. The smallest absolute Gasteiger partial charge is 0.400 e. The first kappa shape index (κ1) is 14.2. The van der Waals surface area contributed by atoms with Gasteiger partial charge in [-0.2, -0.15) is 8.78 Å². The number of hydrogen-bond acceptors (Lipinski definition) is 4. The van der Waals surface area contributed by atoms with Crippen LogP contribution in [0.25, 0.3) is 0 Å². The molecule has 0 heterocycles. The number of methoxy groups -OCH3 is 1. The van der Waals surface area contributed by atoms with Gasteiger partial charge in [0.25, 0.3) is 0 Å². The zero-order chi connectivity index (χ0) is 13.7. The fourth-order valence-electron chi connectivity index (χ4n) is 1.06. The highest BCUT2D eigenvalue weighted by Crippen LogP contribution is 2.22. The second-order valence-corrected chi connectivity index (χ2v) is 3.47. The van der Waals surface area contributed by atoms with E-state index in [0.717, 1.165) is 0 Å². The maximum Gasteiger partial charge on any atom is 0.400 e. The first-order valence-electron chi connectivity index (χ1n) is 4.62. The van der Waals surface area contributed by atoms with Gasteiger partial charge in [-0.05, 0) is 18.2 Å². The summed E-state index contributed by atoms with van der Waals surface area (Å²) >= 11 is 5.74. The normalized spacial score (nSPS) is 11.5. The van der Waals surface area contributed by atoms with Crippen molar-refractivity contribution in [1.82, 2.24) is 0 Å². The van der Waals surface area contributed by atoms with Crippen molar-refractivity contribution in [2.24, 2.45) is 10.9 Å². The van der Waals surface area contributed by atoms with Gasteiger partial charge in [0.15, 0.2) is 5.84 Å². The van der Waals surface area contributed by atoms with Crippen molar-refractivity contribution in [3.8, 4) is 5.75 Å². The fourth-order valence-corrected chi connectivity index (χ4v) is 1.24. The lowest BCUT2D eigenvalue weighted by Gasteiger charge is -2.07. The highest BCUT2D eigenvalue weighted by molar-refractivity contribution is 6.31. The predicted octanol–water partition coefficient (Wildman–Crippen LogP) is 1.78. The summed E-state index contributed by atoms with van der Waals surface area (Å²) in [5.41, 5.74) is 5.71. The van der Waals surface area contributed by atoms with Crippen LogP contribution in [0.3, 0.4) is 0 Å². The molecule has 98 valence electrons. The van der Waals surface area contributed by atoms with E-state index in [1.165, 1.54) is 19.2 Å². The molecule has 18 heavy (non-hydrogen) atoms. The fraction of sp³-hybridized carbons (Fsp3) is 0.200. The van der Waals surface area contributed by atoms with Crippen LogP contribution >= 0.6 is 11.6 Å². The van der Waals surface area contributed by atoms with Gasteiger partial charge < -0.3 is 15.3 Å². The van der Waals surface area contributed by atoms with Gasteiger partial charge in [0.1, 0.15) is 5.75 Å². The van der Waals surface area contributed by atoms with E-state index in [2.05, 4.69) is 9.99 Å². The number of oxime groups is 1. The number of amidine groups is 1. The summed E-state index contributed by atoms with van der Waals surface area (Å²) in [6.45, 7) is 0. The van der Waals surface area contributed by atoms with E-state index in [1.54, 1.807) is 6.07 Å². The third kappa shape index (κ3) is 3.56. The van der Waals surface area contributed by atoms with E-state index in [-0.39, 0.29) is 11.4 Å². The standard InChI is InChI=1S/C10H9ClF2N2O3/c1-17-7-3-2-5(11)4-6(7)9(14)15-18-10(16)8(12)13/h2-4,8H,1H3,(H2,14,15). The number of nitrogens with two attached hydrogens (primary N) is 1. The summed E-state index contributed by atoms with van der Waals surface area (Å²) in [6.07, 6.45) is -3.28. The van der Waals surface area contributed by atoms with Gasteiger partial charge in [0.2, 0.25) is 0 Å².